The number of piperidine rings is 1. The minimum atomic E-state index is -0.904. The van der Waals surface area contributed by atoms with Crippen molar-refractivity contribution in [1.82, 2.24) is 4.90 Å². The second-order valence-electron chi connectivity index (χ2n) is 6.63. The van der Waals surface area contributed by atoms with Crippen molar-refractivity contribution in [3.05, 3.63) is 59.7 Å². The molecule has 142 valence electrons. The Bertz CT molecular complexity index is 857. The highest BCUT2D eigenvalue weighted by Gasteiger charge is 2.24. The molecule has 0 radical (unpaired) electrons. The minimum absolute atomic E-state index is 0.0499. The first-order valence-corrected chi connectivity index (χ1v) is 8.81. The third-order valence-corrected chi connectivity index (χ3v) is 4.43. The summed E-state index contributed by atoms with van der Waals surface area (Å²) in [7, 11) is 0. The molecule has 1 heterocycles. The van der Waals surface area contributed by atoms with Gasteiger partial charge in [-0.1, -0.05) is 6.07 Å². The zero-order valence-corrected chi connectivity index (χ0v) is 15.0. The van der Waals surface area contributed by atoms with Crippen molar-refractivity contribution in [3.63, 3.8) is 0 Å². The van der Waals surface area contributed by atoms with Crippen molar-refractivity contribution in [2.45, 2.75) is 25.8 Å². The van der Waals surface area contributed by atoms with Gasteiger partial charge in [0.15, 0.2) is 11.6 Å². The van der Waals surface area contributed by atoms with Gasteiger partial charge in [0.05, 0.1) is 0 Å². The molecule has 0 saturated carbocycles. The van der Waals surface area contributed by atoms with Gasteiger partial charge in [0.1, 0.15) is 0 Å². The fraction of sp³-hybridized carbons (Fsp3) is 0.300. The smallest absolute Gasteiger partial charge is 0.253 e. The molecule has 0 aliphatic carbocycles. The fourth-order valence-electron chi connectivity index (χ4n) is 3.22. The number of benzene rings is 2. The van der Waals surface area contributed by atoms with Gasteiger partial charge in [0.25, 0.3) is 5.91 Å². The van der Waals surface area contributed by atoms with Crippen LogP contribution in [0.25, 0.3) is 0 Å². The lowest BCUT2D eigenvalue weighted by Crippen LogP contribution is -2.45. The number of amides is 2. The Morgan fingerprint density at radius 3 is 2.63 bits per heavy atom. The minimum Gasteiger partial charge on any atom is -0.380 e. The standard InChI is InChI=1S/C20H21F2N3O2/c1-13(26)23-15-5-2-4-14(10-15)20(27)25-9-3-6-17(12-25)24-16-7-8-18(21)19(22)11-16/h2,4-5,7-8,10-11,17,24H,3,6,9,12H2,1H3,(H,23,26). The first-order valence-electron chi connectivity index (χ1n) is 8.81. The van der Waals surface area contributed by atoms with Crippen LogP contribution < -0.4 is 10.6 Å². The third-order valence-electron chi connectivity index (χ3n) is 4.43. The number of likely N-dealkylation sites (tertiary alicyclic amines) is 1. The number of carbonyl (C=O) groups excluding carboxylic acids is 2. The quantitative estimate of drug-likeness (QED) is 0.860. The molecule has 1 aliphatic heterocycles. The predicted molar refractivity (Wildman–Crippen MR) is 99.7 cm³/mol. The molecular formula is C20H21F2N3O2. The van der Waals surface area contributed by atoms with Crippen LogP contribution in [0.3, 0.4) is 0 Å². The Labute approximate surface area is 156 Å². The summed E-state index contributed by atoms with van der Waals surface area (Å²) >= 11 is 0. The van der Waals surface area contributed by atoms with E-state index < -0.39 is 11.6 Å². The molecule has 1 saturated heterocycles. The summed E-state index contributed by atoms with van der Waals surface area (Å²) in [6.45, 7) is 2.50. The number of halogens is 2. The van der Waals surface area contributed by atoms with Gasteiger partial charge in [-0.05, 0) is 43.2 Å². The van der Waals surface area contributed by atoms with Crippen LogP contribution in [-0.2, 0) is 4.79 Å². The van der Waals surface area contributed by atoms with E-state index in [0.29, 0.717) is 30.0 Å². The zero-order chi connectivity index (χ0) is 19.4. The lowest BCUT2D eigenvalue weighted by atomic mass is 10.0. The van der Waals surface area contributed by atoms with E-state index in [2.05, 4.69) is 10.6 Å². The predicted octanol–water partition coefficient (Wildman–Crippen LogP) is 3.64. The summed E-state index contributed by atoms with van der Waals surface area (Å²) in [4.78, 5) is 25.7. The summed E-state index contributed by atoms with van der Waals surface area (Å²) < 4.78 is 26.4. The Balaban J connectivity index is 1.67. The van der Waals surface area contributed by atoms with Crippen molar-refractivity contribution < 1.29 is 18.4 Å². The van der Waals surface area contributed by atoms with E-state index >= 15 is 0 Å². The van der Waals surface area contributed by atoms with Gasteiger partial charge < -0.3 is 15.5 Å². The van der Waals surface area contributed by atoms with E-state index in [-0.39, 0.29) is 17.9 Å². The normalized spacial score (nSPS) is 16.7. The third kappa shape index (κ3) is 4.81. The van der Waals surface area contributed by atoms with Gasteiger partial charge in [-0.15, -0.1) is 0 Å². The van der Waals surface area contributed by atoms with Crippen LogP contribution in [0.15, 0.2) is 42.5 Å². The van der Waals surface area contributed by atoms with Crippen molar-refractivity contribution in [1.29, 1.82) is 0 Å². The molecule has 3 rings (SSSR count). The van der Waals surface area contributed by atoms with Crippen LogP contribution in [0.4, 0.5) is 20.2 Å². The summed E-state index contributed by atoms with van der Waals surface area (Å²) in [6, 6.07) is 10.4. The number of anilines is 2. The molecule has 2 amide bonds. The van der Waals surface area contributed by atoms with Crippen LogP contribution in [0.1, 0.15) is 30.1 Å². The van der Waals surface area contributed by atoms with Crippen molar-refractivity contribution in [2.24, 2.45) is 0 Å². The summed E-state index contributed by atoms with van der Waals surface area (Å²) in [5.41, 5.74) is 1.55. The summed E-state index contributed by atoms with van der Waals surface area (Å²) in [5.74, 6) is -2.12. The highest BCUT2D eigenvalue weighted by Crippen LogP contribution is 2.20. The number of rotatable bonds is 4. The molecule has 2 aromatic rings. The first-order chi connectivity index (χ1) is 12.9. The Hall–Kier alpha value is -2.96. The molecular weight excluding hydrogens is 352 g/mol. The molecule has 27 heavy (non-hydrogen) atoms. The largest absolute Gasteiger partial charge is 0.380 e. The molecule has 1 aliphatic rings. The lowest BCUT2D eigenvalue weighted by Gasteiger charge is -2.34. The zero-order valence-electron chi connectivity index (χ0n) is 15.0. The van der Waals surface area contributed by atoms with E-state index in [0.717, 1.165) is 25.0 Å². The van der Waals surface area contributed by atoms with E-state index in [4.69, 9.17) is 0 Å². The van der Waals surface area contributed by atoms with E-state index in [9.17, 15) is 18.4 Å². The topological polar surface area (TPSA) is 61.4 Å². The number of hydrogen-bond acceptors (Lipinski definition) is 3. The molecule has 0 spiro atoms. The fourth-order valence-corrected chi connectivity index (χ4v) is 3.22. The maximum atomic E-state index is 13.4. The van der Waals surface area contributed by atoms with Gasteiger partial charge in [-0.3, -0.25) is 9.59 Å². The summed E-state index contributed by atoms with van der Waals surface area (Å²) in [6.07, 6.45) is 1.63. The monoisotopic (exact) mass is 373 g/mol. The van der Waals surface area contributed by atoms with Crippen LogP contribution in [-0.4, -0.2) is 35.8 Å². The van der Waals surface area contributed by atoms with E-state index in [1.807, 2.05) is 0 Å². The number of hydrogen-bond donors (Lipinski definition) is 2. The van der Waals surface area contributed by atoms with Gasteiger partial charge in [0, 0.05) is 49.1 Å². The Kier molecular flexibility index (Phi) is 5.69. The van der Waals surface area contributed by atoms with Crippen LogP contribution in [0, 0.1) is 11.6 Å². The number of nitrogens with one attached hydrogen (secondary N) is 2. The second kappa shape index (κ2) is 8.16. The van der Waals surface area contributed by atoms with Gasteiger partial charge >= 0.3 is 0 Å². The Morgan fingerprint density at radius 2 is 1.89 bits per heavy atom. The molecule has 2 aromatic carbocycles. The molecule has 0 bridgehead atoms. The highest BCUT2D eigenvalue weighted by molar-refractivity contribution is 5.96. The molecule has 1 unspecified atom stereocenters. The average molecular weight is 373 g/mol. The van der Waals surface area contributed by atoms with Crippen LogP contribution in [0.5, 0.6) is 0 Å². The molecule has 0 aromatic heterocycles. The molecule has 7 heteroatoms. The lowest BCUT2D eigenvalue weighted by molar-refractivity contribution is -0.114. The first kappa shape index (κ1) is 18.8. The van der Waals surface area contributed by atoms with Crippen molar-refractivity contribution >= 4 is 23.2 Å². The molecule has 5 nitrogen and oxygen atoms in total. The molecule has 1 atom stereocenters. The van der Waals surface area contributed by atoms with Crippen LogP contribution in [0.2, 0.25) is 0 Å². The average Bonchev–Trinajstić information content (AvgIpc) is 2.64. The Morgan fingerprint density at radius 1 is 1.07 bits per heavy atom. The van der Waals surface area contributed by atoms with Crippen molar-refractivity contribution in [2.75, 3.05) is 23.7 Å². The number of nitrogens with zero attached hydrogens (tertiary/aromatic N) is 1. The molecule has 2 N–H and O–H groups in total. The van der Waals surface area contributed by atoms with Crippen molar-refractivity contribution in [3.8, 4) is 0 Å². The van der Waals surface area contributed by atoms with Gasteiger partial charge in [0.2, 0.25) is 5.91 Å². The second-order valence-corrected chi connectivity index (χ2v) is 6.63. The van der Waals surface area contributed by atoms with E-state index in [1.165, 1.54) is 13.0 Å². The van der Waals surface area contributed by atoms with Gasteiger partial charge in [-0.25, -0.2) is 8.78 Å². The van der Waals surface area contributed by atoms with E-state index in [1.54, 1.807) is 29.2 Å². The molecule has 1 fully saturated rings. The maximum Gasteiger partial charge on any atom is 0.253 e. The highest BCUT2D eigenvalue weighted by atomic mass is 19.2. The summed E-state index contributed by atoms with van der Waals surface area (Å²) in [5, 5.41) is 5.83. The SMILES string of the molecule is CC(=O)Nc1cccc(C(=O)N2CCCC(Nc3ccc(F)c(F)c3)C2)c1. The number of carbonyl (C=O) groups is 2. The maximum absolute atomic E-state index is 13.4. The van der Waals surface area contributed by atoms with Gasteiger partial charge in [-0.2, -0.15) is 0 Å². The van der Waals surface area contributed by atoms with Crippen LogP contribution >= 0.6 is 0 Å².